The van der Waals surface area contributed by atoms with Gasteiger partial charge in [-0.2, -0.15) is 5.10 Å². The smallest absolute Gasteiger partial charge is 0.240 e. The first-order chi connectivity index (χ1) is 11.6. The van der Waals surface area contributed by atoms with Crippen molar-refractivity contribution >= 4 is 34.8 Å². The third kappa shape index (κ3) is 5.83. The molecule has 126 valence electrons. The topological polar surface area (TPSA) is 63.6 Å². The van der Waals surface area contributed by atoms with Gasteiger partial charge in [-0.1, -0.05) is 23.2 Å². The lowest BCUT2D eigenvalue weighted by Crippen LogP contribution is -2.19. The fourth-order valence-electron chi connectivity index (χ4n) is 1.87. The molecule has 0 atom stereocenters. The molecule has 0 radical (unpaired) electrons. The molecule has 0 unspecified atom stereocenters. The molecule has 1 aromatic carbocycles. The molecule has 1 amide bonds. The van der Waals surface area contributed by atoms with Crippen LogP contribution in [0.15, 0.2) is 47.8 Å². The predicted molar refractivity (Wildman–Crippen MR) is 95.8 cm³/mol. The Kier molecular flexibility index (Phi) is 7.03. The average Bonchev–Trinajstić information content (AvgIpc) is 2.59. The number of carbonyl (C=O) groups excluding carboxylic acids is 1. The van der Waals surface area contributed by atoms with E-state index in [-0.39, 0.29) is 5.91 Å². The number of halogens is 2. The Morgan fingerprint density at radius 1 is 1.25 bits per heavy atom. The van der Waals surface area contributed by atoms with Crippen molar-refractivity contribution in [3.63, 3.8) is 0 Å². The second-order valence-corrected chi connectivity index (χ2v) is 5.84. The summed E-state index contributed by atoms with van der Waals surface area (Å²) in [4.78, 5) is 15.7. The summed E-state index contributed by atoms with van der Waals surface area (Å²) in [6.07, 6.45) is 4.21. The molecule has 24 heavy (non-hydrogen) atoms. The van der Waals surface area contributed by atoms with Crippen LogP contribution in [0.1, 0.15) is 25.3 Å². The Morgan fingerprint density at radius 3 is 2.71 bits per heavy atom. The molecule has 0 fully saturated rings. The van der Waals surface area contributed by atoms with E-state index in [1.54, 1.807) is 30.6 Å². The molecule has 5 nitrogen and oxygen atoms in total. The number of pyridine rings is 1. The molecule has 1 heterocycles. The number of aromatic nitrogens is 1. The Labute approximate surface area is 150 Å². The van der Waals surface area contributed by atoms with Gasteiger partial charge in [0.15, 0.2) is 0 Å². The second kappa shape index (κ2) is 9.25. The van der Waals surface area contributed by atoms with Gasteiger partial charge in [0.05, 0.1) is 17.3 Å². The van der Waals surface area contributed by atoms with E-state index >= 15 is 0 Å². The van der Waals surface area contributed by atoms with Gasteiger partial charge in [0.2, 0.25) is 5.91 Å². The fourth-order valence-corrected chi connectivity index (χ4v) is 2.33. The molecule has 2 aromatic rings. The van der Waals surface area contributed by atoms with Crippen LogP contribution >= 0.6 is 23.2 Å². The van der Waals surface area contributed by atoms with Crippen LogP contribution < -0.4 is 10.2 Å². The molecule has 0 spiro atoms. The van der Waals surface area contributed by atoms with Crippen molar-refractivity contribution in [2.75, 3.05) is 6.61 Å². The molecule has 0 aliphatic rings. The summed E-state index contributed by atoms with van der Waals surface area (Å²) in [7, 11) is 0. The fraction of sp³-hybridized carbons (Fsp3) is 0.235. The average molecular weight is 366 g/mol. The Balaban J connectivity index is 1.72. The van der Waals surface area contributed by atoms with E-state index < -0.39 is 0 Å². The lowest BCUT2D eigenvalue weighted by molar-refractivity contribution is -0.121. The maximum atomic E-state index is 11.8. The third-order valence-corrected chi connectivity index (χ3v) is 3.68. The largest absolute Gasteiger partial charge is 0.492 e. The van der Waals surface area contributed by atoms with E-state index in [2.05, 4.69) is 15.5 Å². The van der Waals surface area contributed by atoms with Gasteiger partial charge in [-0.05, 0) is 43.7 Å². The zero-order valence-electron chi connectivity index (χ0n) is 13.1. The number of rotatable bonds is 7. The number of hydrogen-bond donors (Lipinski definition) is 1. The Hall–Kier alpha value is -2.11. The van der Waals surface area contributed by atoms with Gasteiger partial charge in [-0.3, -0.25) is 9.78 Å². The van der Waals surface area contributed by atoms with Crippen LogP contribution in [0.2, 0.25) is 10.0 Å². The minimum Gasteiger partial charge on any atom is -0.492 e. The van der Waals surface area contributed by atoms with Crippen molar-refractivity contribution < 1.29 is 9.53 Å². The molecule has 0 aliphatic carbocycles. The first-order valence-corrected chi connectivity index (χ1v) is 8.13. The van der Waals surface area contributed by atoms with E-state index in [0.717, 1.165) is 11.3 Å². The van der Waals surface area contributed by atoms with Gasteiger partial charge in [0.1, 0.15) is 5.75 Å². The van der Waals surface area contributed by atoms with Crippen LogP contribution in [0.5, 0.6) is 5.75 Å². The van der Waals surface area contributed by atoms with Crippen molar-refractivity contribution in [2.24, 2.45) is 5.10 Å². The first kappa shape index (κ1) is 18.2. The van der Waals surface area contributed by atoms with Gasteiger partial charge < -0.3 is 4.74 Å². The van der Waals surface area contributed by atoms with Gasteiger partial charge >= 0.3 is 0 Å². The number of hydrazone groups is 1. The molecule has 0 saturated heterocycles. The molecular weight excluding hydrogens is 349 g/mol. The summed E-state index contributed by atoms with van der Waals surface area (Å²) in [5.74, 6) is 0.377. The minimum absolute atomic E-state index is 0.172. The zero-order valence-corrected chi connectivity index (χ0v) is 14.6. The Bertz CT molecular complexity index is 721. The van der Waals surface area contributed by atoms with Crippen molar-refractivity contribution in [3.8, 4) is 5.75 Å². The summed E-state index contributed by atoms with van der Waals surface area (Å²) < 4.78 is 5.52. The number of nitrogens with zero attached hydrogens (tertiary/aromatic N) is 2. The van der Waals surface area contributed by atoms with Gasteiger partial charge in [0, 0.05) is 29.4 Å². The second-order valence-electron chi connectivity index (χ2n) is 4.99. The van der Waals surface area contributed by atoms with Crippen molar-refractivity contribution in [1.29, 1.82) is 0 Å². The molecular formula is C17H17Cl2N3O2. The molecule has 0 saturated carbocycles. The van der Waals surface area contributed by atoms with Gasteiger partial charge in [-0.15, -0.1) is 0 Å². The lowest BCUT2D eigenvalue weighted by atomic mass is 10.2. The molecule has 7 heteroatoms. The maximum Gasteiger partial charge on any atom is 0.240 e. The maximum absolute atomic E-state index is 11.8. The highest BCUT2D eigenvalue weighted by atomic mass is 35.5. The zero-order chi connectivity index (χ0) is 17.4. The quantitative estimate of drug-likeness (QED) is 0.456. The summed E-state index contributed by atoms with van der Waals surface area (Å²) >= 11 is 11.8. The summed E-state index contributed by atoms with van der Waals surface area (Å²) in [6.45, 7) is 2.20. The highest BCUT2D eigenvalue weighted by molar-refractivity contribution is 6.35. The number of nitrogens with one attached hydrogen (secondary N) is 1. The lowest BCUT2D eigenvalue weighted by Gasteiger charge is -2.08. The molecule has 0 bridgehead atoms. The molecule has 1 N–H and O–H groups in total. The highest BCUT2D eigenvalue weighted by Crippen LogP contribution is 2.27. The standard InChI is InChI=1S/C17H17Cl2N3O2/c1-12(13-6-8-20-9-7-13)21-22-17(23)3-2-10-24-16-5-4-14(18)11-15(16)19/h4-9,11H,2-3,10H2,1H3,(H,22,23)/b21-12-. The molecule has 1 aromatic heterocycles. The number of carbonyl (C=O) groups is 1. The van der Waals surface area contributed by atoms with Gasteiger partial charge in [0.25, 0.3) is 0 Å². The Morgan fingerprint density at radius 2 is 2.00 bits per heavy atom. The number of hydrogen-bond acceptors (Lipinski definition) is 4. The predicted octanol–water partition coefficient (Wildman–Crippen LogP) is 4.09. The van der Waals surface area contributed by atoms with E-state index in [0.29, 0.717) is 35.2 Å². The van der Waals surface area contributed by atoms with Crippen LogP contribution in [0, 0.1) is 0 Å². The van der Waals surface area contributed by atoms with Crippen LogP contribution in [-0.4, -0.2) is 23.2 Å². The summed E-state index contributed by atoms with van der Waals surface area (Å²) in [6, 6.07) is 8.67. The monoisotopic (exact) mass is 365 g/mol. The number of ether oxygens (including phenoxy) is 1. The highest BCUT2D eigenvalue weighted by Gasteiger charge is 2.04. The van der Waals surface area contributed by atoms with Crippen LogP contribution in [0.4, 0.5) is 0 Å². The van der Waals surface area contributed by atoms with Crippen LogP contribution in [0.25, 0.3) is 0 Å². The molecule has 2 rings (SSSR count). The molecule has 0 aliphatic heterocycles. The van der Waals surface area contributed by atoms with Crippen molar-refractivity contribution in [2.45, 2.75) is 19.8 Å². The van der Waals surface area contributed by atoms with E-state index in [9.17, 15) is 4.79 Å². The minimum atomic E-state index is -0.172. The van der Waals surface area contributed by atoms with E-state index in [1.807, 2.05) is 19.1 Å². The summed E-state index contributed by atoms with van der Waals surface area (Å²) in [5, 5.41) is 5.07. The first-order valence-electron chi connectivity index (χ1n) is 7.37. The number of amides is 1. The summed E-state index contributed by atoms with van der Waals surface area (Å²) in [5.41, 5.74) is 4.15. The van der Waals surface area contributed by atoms with Crippen LogP contribution in [-0.2, 0) is 4.79 Å². The van der Waals surface area contributed by atoms with E-state index in [1.165, 1.54) is 0 Å². The van der Waals surface area contributed by atoms with Crippen LogP contribution in [0.3, 0.4) is 0 Å². The van der Waals surface area contributed by atoms with Crippen molar-refractivity contribution in [3.05, 3.63) is 58.3 Å². The van der Waals surface area contributed by atoms with E-state index in [4.69, 9.17) is 27.9 Å². The normalized spacial score (nSPS) is 11.2. The SMILES string of the molecule is C/C(=N/NC(=O)CCCOc1ccc(Cl)cc1Cl)c1ccncc1. The van der Waals surface area contributed by atoms with Crippen molar-refractivity contribution in [1.82, 2.24) is 10.4 Å². The van der Waals surface area contributed by atoms with Gasteiger partial charge in [-0.25, -0.2) is 5.43 Å². The third-order valence-electron chi connectivity index (χ3n) is 3.15. The number of benzene rings is 1.